The van der Waals surface area contributed by atoms with Crippen LogP contribution in [0.4, 0.5) is 0 Å². The normalized spacial score (nSPS) is 20.3. The lowest BCUT2D eigenvalue weighted by Gasteiger charge is -2.26. The van der Waals surface area contributed by atoms with Crippen LogP contribution in [0.3, 0.4) is 0 Å². The first-order valence-electron chi connectivity index (χ1n) is 5.72. The molecule has 0 saturated carbocycles. The molecule has 0 fully saturated rings. The van der Waals surface area contributed by atoms with E-state index in [1.54, 1.807) is 0 Å². The third-order valence-electron chi connectivity index (χ3n) is 2.73. The molecule has 0 aliphatic carbocycles. The Bertz CT molecular complexity index is 322. The molecule has 0 aromatic heterocycles. The van der Waals surface area contributed by atoms with Crippen LogP contribution in [-0.4, -0.2) is 12.3 Å². The predicted octanol–water partition coefficient (Wildman–Crippen LogP) is 3.47. The SMILES string of the molecule is CC(C)CNC1CCSc2ccccc21. The highest BCUT2D eigenvalue weighted by atomic mass is 32.2. The highest BCUT2D eigenvalue weighted by Gasteiger charge is 2.19. The van der Waals surface area contributed by atoms with Gasteiger partial charge in [-0.2, -0.15) is 0 Å². The molecule has 15 heavy (non-hydrogen) atoms. The number of hydrogen-bond donors (Lipinski definition) is 1. The van der Waals surface area contributed by atoms with E-state index in [9.17, 15) is 0 Å². The molecule has 2 rings (SSSR count). The Balaban J connectivity index is 2.08. The second kappa shape index (κ2) is 5.04. The van der Waals surface area contributed by atoms with Crippen molar-refractivity contribution < 1.29 is 0 Å². The molecule has 1 atom stereocenters. The predicted molar refractivity (Wildman–Crippen MR) is 67.4 cm³/mol. The van der Waals surface area contributed by atoms with E-state index < -0.39 is 0 Å². The van der Waals surface area contributed by atoms with Crippen molar-refractivity contribution in [2.45, 2.75) is 31.2 Å². The Morgan fingerprint density at radius 3 is 3.00 bits per heavy atom. The van der Waals surface area contributed by atoms with Gasteiger partial charge in [-0.15, -0.1) is 11.8 Å². The lowest BCUT2D eigenvalue weighted by atomic mass is 10.0. The molecule has 1 heterocycles. The van der Waals surface area contributed by atoms with E-state index in [0.717, 1.165) is 12.5 Å². The van der Waals surface area contributed by atoms with Crippen molar-refractivity contribution in [2.24, 2.45) is 5.92 Å². The van der Waals surface area contributed by atoms with Gasteiger partial charge in [0, 0.05) is 10.9 Å². The van der Waals surface area contributed by atoms with Crippen LogP contribution in [0.25, 0.3) is 0 Å². The van der Waals surface area contributed by atoms with Crippen molar-refractivity contribution >= 4 is 11.8 Å². The van der Waals surface area contributed by atoms with Crippen molar-refractivity contribution in [2.75, 3.05) is 12.3 Å². The molecular formula is C13H19NS. The van der Waals surface area contributed by atoms with Gasteiger partial charge < -0.3 is 5.32 Å². The molecule has 0 saturated heterocycles. The van der Waals surface area contributed by atoms with E-state index in [4.69, 9.17) is 0 Å². The number of fused-ring (bicyclic) bond motifs is 1. The van der Waals surface area contributed by atoms with Crippen LogP contribution in [0.5, 0.6) is 0 Å². The molecule has 0 amide bonds. The maximum atomic E-state index is 3.66. The quantitative estimate of drug-likeness (QED) is 0.839. The average molecular weight is 221 g/mol. The third kappa shape index (κ3) is 2.76. The van der Waals surface area contributed by atoms with Crippen LogP contribution >= 0.6 is 11.8 Å². The minimum atomic E-state index is 0.574. The standard InChI is InChI=1S/C13H19NS/c1-10(2)9-14-12-7-8-15-13-6-4-3-5-11(12)13/h3-6,10,12,14H,7-9H2,1-2H3. The van der Waals surface area contributed by atoms with Crippen LogP contribution in [-0.2, 0) is 0 Å². The van der Waals surface area contributed by atoms with Crippen LogP contribution in [0.15, 0.2) is 29.2 Å². The molecular weight excluding hydrogens is 202 g/mol. The first kappa shape index (κ1) is 11.0. The zero-order valence-electron chi connectivity index (χ0n) is 9.49. The Morgan fingerprint density at radius 1 is 1.40 bits per heavy atom. The van der Waals surface area contributed by atoms with Crippen LogP contribution < -0.4 is 5.32 Å². The minimum absolute atomic E-state index is 0.574. The summed E-state index contributed by atoms with van der Waals surface area (Å²) in [5, 5.41) is 3.66. The largest absolute Gasteiger partial charge is 0.310 e. The number of thioether (sulfide) groups is 1. The zero-order valence-corrected chi connectivity index (χ0v) is 10.3. The summed E-state index contributed by atoms with van der Waals surface area (Å²) in [6, 6.07) is 9.36. The van der Waals surface area contributed by atoms with Gasteiger partial charge in [0.2, 0.25) is 0 Å². The van der Waals surface area contributed by atoms with E-state index in [2.05, 4.69) is 43.4 Å². The highest BCUT2D eigenvalue weighted by Crippen LogP contribution is 2.35. The van der Waals surface area contributed by atoms with Gasteiger partial charge in [-0.1, -0.05) is 32.0 Å². The van der Waals surface area contributed by atoms with Crippen molar-refractivity contribution in [3.8, 4) is 0 Å². The molecule has 1 nitrogen and oxygen atoms in total. The Morgan fingerprint density at radius 2 is 2.20 bits per heavy atom. The van der Waals surface area contributed by atoms with Crippen molar-refractivity contribution in [3.63, 3.8) is 0 Å². The molecule has 1 aliphatic heterocycles. The van der Waals surface area contributed by atoms with E-state index in [1.807, 2.05) is 11.8 Å². The Hall–Kier alpha value is -0.470. The van der Waals surface area contributed by atoms with Crippen LogP contribution in [0.1, 0.15) is 31.9 Å². The molecule has 0 radical (unpaired) electrons. The lowest BCUT2D eigenvalue weighted by Crippen LogP contribution is -2.27. The third-order valence-corrected chi connectivity index (χ3v) is 3.85. The lowest BCUT2D eigenvalue weighted by molar-refractivity contribution is 0.459. The molecule has 1 N–H and O–H groups in total. The number of rotatable bonds is 3. The van der Waals surface area contributed by atoms with Gasteiger partial charge >= 0.3 is 0 Å². The average Bonchev–Trinajstić information content (AvgIpc) is 2.26. The van der Waals surface area contributed by atoms with Crippen molar-refractivity contribution in [3.05, 3.63) is 29.8 Å². The summed E-state index contributed by atoms with van der Waals surface area (Å²) in [5.74, 6) is 1.97. The molecule has 2 heteroatoms. The first-order chi connectivity index (χ1) is 7.27. The van der Waals surface area contributed by atoms with Gasteiger partial charge in [0.25, 0.3) is 0 Å². The van der Waals surface area contributed by atoms with Gasteiger partial charge in [-0.25, -0.2) is 0 Å². The molecule has 1 aromatic rings. The Kier molecular flexibility index (Phi) is 3.71. The molecule has 0 spiro atoms. The Labute approximate surface area is 96.7 Å². The summed E-state index contributed by atoms with van der Waals surface area (Å²) in [4.78, 5) is 1.46. The summed E-state index contributed by atoms with van der Waals surface area (Å²) in [6.07, 6.45) is 1.26. The molecule has 82 valence electrons. The van der Waals surface area contributed by atoms with Gasteiger partial charge in [-0.3, -0.25) is 0 Å². The molecule has 1 aliphatic rings. The maximum absolute atomic E-state index is 3.66. The molecule has 1 unspecified atom stereocenters. The fourth-order valence-corrected chi connectivity index (χ4v) is 3.06. The van der Waals surface area contributed by atoms with Crippen LogP contribution in [0.2, 0.25) is 0 Å². The second-order valence-corrected chi connectivity index (χ2v) is 5.67. The monoisotopic (exact) mass is 221 g/mol. The van der Waals surface area contributed by atoms with Gasteiger partial charge in [0.15, 0.2) is 0 Å². The van der Waals surface area contributed by atoms with Gasteiger partial charge in [-0.05, 0) is 36.3 Å². The molecule has 0 bridgehead atoms. The van der Waals surface area contributed by atoms with Gasteiger partial charge in [0.05, 0.1) is 0 Å². The number of hydrogen-bond acceptors (Lipinski definition) is 2. The fraction of sp³-hybridized carbons (Fsp3) is 0.538. The molecule has 1 aromatic carbocycles. The van der Waals surface area contributed by atoms with E-state index in [0.29, 0.717) is 6.04 Å². The topological polar surface area (TPSA) is 12.0 Å². The summed E-state index contributed by atoms with van der Waals surface area (Å²) < 4.78 is 0. The maximum Gasteiger partial charge on any atom is 0.0339 e. The summed E-state index contributed by atoms with van der Waals surface area (Å²) in [7, 11) is 0. The van der Waals surface area contributed by atoms with Crippen LogP contribution in [0, 0.1) is 5.92 Å². The zero-order chi connectivity index (χ0) is 10.7. The van der Waals surface area contributed by atoms with E-state index >= 15 is 0 Å². The summed E-state index contributed by atoms with van der Waals surface area (Å²) in [5.41, 5.74) is 1.49. The van der Waals surface area contributed by atoms with E-state index in [1.165, 1.54) is 22.6 Å². The second-order valence-electron chi connectivity index (χ2n) is 4.53. The van der Waals surface area contributed by atoms with E-state index in [-0.39, 0.29) is 0 Å². The van der Waals surface area contributed by atoms with Crippen molar-refractivity contribution in [1.82, 2.24) is 5.32 Å². The van der Waals surface area contributed by atoms with Crippen molar-refractivity contribution in [1.29, 1.82) is 0 Å². The number of benzene rings is 1. The minimum Gasteiger partial charge on any atom is -0.310 e. The number of nitrogens with one attached hydrogen (secondary N) is 1. The summed E-state index contributed by atoms with van der Waals surface area (Å²) >= 11 is 1.99. The first-order valence-corrected chi connectivity index (χ1v) is 6.71. The smallest absolute Gasteiger partial charge is 0.0339 e. The fourth-order valence-electron chi connectivity index (χ4n) is 1.93. The van der Waals surface area contributed by atoms with Gasteiger partial charge in [0.1, 0.15) is 0 Å². The highest BCUT2D eigenvalue weighted by molar-refractivity contribution is 7.99. The summed E-state index contributed by atoms with van der Waals surface area (Å²) in [6.45, 7) is 5.64.